The SMILES string of the molecule is ClC12C3CCN(CC3)C1C2c1ccc(Br)cn1. The lowest BCUT2D eigenvalue weighted by molar-refractivity contribution is 0.112. The first kappa shape index (κ1) is 10.8. The molecule has 0 spiro atoms. The van der Waals surface area contributed by atoms with Gasteiger partial charge in [0.05, 0.1) is 4.87 Å². The van der Waals surface area contributed by atoms with E-state index in [-0.39, 0.29) is 4.87 Å². The predicted octanol–water partition coefficient (Wildman–Crippen LogP) is 3.01. The number of rotatable bonds is 1. The maximum atomic E-state index is 6.89. The lowest BCUT2D eigenvalue weighted by atomic mass is 9.86. The molecule has 1 aromatic heterocycles. The first-order chi connectivity index (χ1) is 8.21. The van der Waals surface area contributed by atoms with Gasteiger partial charge in [-0.25, -0.2) is 0 Å². The van der Waals surface area contributed by atoms with Crippen LogP contribution in [0, 0.1) is 5.92 Å². The Bertz CT molecular complexity index is 455. The van der Waals surface area contributed by atoms with Crippen molar-refractivity contribution in [2.24, 2.45) is 5.92 Å². The highest BCUT2D eigenvalue weighted by Crippen LogP contribution is 2.68. The first-order valence-corrected chi connectivity index (χ1v) is 7.43. The van der Waals surface area contributed by atoms with Gasteiger partial charge in [-0.15, -0.1) is 11.6 Å². The van der Waals surface area contributed by atoms with Gasteiger partial charge in [0.2, 0.25) is 0 Å². The van der Waals surface area contributed by atoms with Crippen LogP contribution in [0.4, 0.5) is 0 Å². The number of piperidine rings is 3. The number of fused-ring (bicyclic) bond motifs is 2. The van der Waals surface area contributed by atoms with E-state index in [2.05, 4.69) is 37.9 Å². The van der Waals surface area contributed by atoms with Gasteiger partial charge in [0.15, 0.2) is 0 Å². The number of alkyl halides is 1. The van der Waals surface area contributed by atoms with Crippen LogP contribution in [-0.2, 0) is 0 Å². The Morgan fingerprint density at radius 1 is 1.35 bits per heavy atom. The normalized spacial score (nSPS) is 46.7. The van der Waals surface area contributed by atoms with E-state index in [9.17, 15) is 0 Å². The summed E-state index contributed by atoms with van der Waals surface area (Å²) >= 11 is 10.3. The van der Waals surface area contributed by atoms with Crippen molar-refractivity contribution < 1.29 is 0 Å². The molecule has 2 nitrogen and oxygen atoms in total. The van der Waals surface area contributed by atoms with Gasteiger partial charge in [-0.2, -0.15) is 0 Å². The minimum Gasteiger partial charge on any atom is -0.298 e. The molecule has 0 aromatic carbocycles. The summed E-state index contributed by atoms with van der Waals surface area (Å²) in [6.07, 6.45) is 4.43. The fourth-order valence-corrected chi connectivity index (χ4v) is 4.81. The van der Waals surface area contributed by atoms with Crippen molar-refractivity contribution in [2.45, 2.75) is 29.7 Å². The fraction of sp³-hybridized carbons (Fsp3) is 0.615. The zero-order valence-electron chi connectivity index (χ0n) is 9.44. The standard InChI is InChI=1S/C13H14BrClN2/c14-9-1-2-10(16-7-9)11-12-13(11,15)8-3-5-17(12)6-4-8/h1-2,7-8,11-12H,3-6H2. The van der Waals surface area contributed by atoms with E-state index in [4.69, 9.17) is 11.6 Å². The van der Waals surface area contributed by atoms with Crippen molar-refractivity contribution in [3.8, 4) is 0 Å². The fourth-order valence-electron chi connectivity index (χ4n) is 3.92. The summed E-state index contributed by atoms with van der Waals surface area (Å²) in [5.41, 5.74) is 1.17. The summed E-state index contributed by atoms with van der Waals surface area (Å²) in [5, 5.41) is 0. The molecule has 1 aliphatic carbocycles. The van der Waals surface area contributed by atoms with E-state index in [1.807, 2.05) is 6.20 Å². The second-order valence-electron chi connectivity index (χ2n) is 5.46. The second-order valence-corrected chi connectivity index (χ2v) is 7.03. The van der Waals surface area contributed by atoms with E-state index < -0.39 is 0 Å². The van der Waals surface area contributed by atoms with Crippen LogP contribution in [0.25, 0.3) is 0 Å². The Hall–Kier alpha value is -0.120. The number of hydrogen-bond acceptors (Lipinski definition) is 2. The molecule has 90 valence electrons. The molecule has 4 fully saturated rings. The van der Waals surface area contributed by atoms with Gasteiger partial charge in [-0.1, -0.05) is 0 Å². The van der Waals surface area contributed by atoms with Crippen LogP contribution < -0.4 is 0 Å². The van der Waals surface area contributed by atoms with Crippen LogP contribution in [0.1, 0.15) is 24.5 Å². The third-order valence-electron chi connectivity index (χ3n) is 4.75. The molecule has 1 aromatic rings. The highest BCUT2D eigenvalue weighted by molar-refractivity contribution is 9.10. The van der Waals surface area contributed by atoms with E-state index in [0.717, 1.165) is 4.47 Å². The Labute approximate surface area is 114 Å². The summed E-state index contributed by atoms with van der Waals surface area (Å²) in [6.45, 7) is 2.47. The molecule has 3 unspecified atom stereocenters. The predicted molar refractivity (Wildman–Crippen MR) is 71.3 cm³/mol. The average molecular weight is 314 g/mol. The zero-order valence-corrected chi connectivity index (χ0v) is 11.8. The first-order valence-electron chi connectivity index (χ1n) is 6.25. The number of aromatic nitrogens is 1. The Kier molecular flexibility index (Phi) is 2.19. The van der Waals surface area contributed by atoms with E-state index >= 15 is 0 Å². The molecule has 3 atom stereocenters. The third-order valence-corrected chi connectivity index (χ3v) is 5.99. The lowest BCUT2D eigenvalue weighted by Crippen LogP contribution is -2.48. The molecule has 4 heterocycles. The van der Waals surface area contributed by atoms with Gasteiger partial charge < -0.3 is 0 Å². The zero-order chi connectivity index (χ0) is 11.6. The number of halogens is 2. The summed E-state index contributed by atoms with van der Waals surface area (Å²) < 4.78 is 1.04. The van der Waals surface area contributed by atoms with E-state index in [1.165, 1.54) is 31.6 Å². The Morgan fingerprint density at radius 3 is 2.65 bits per heavy atom. The van der Waals surface area contributed by atoms with Crippen molar-refractivity contribution in [1.82, 2.24) is 9.88 Å². The lowest BCUT2D eigenvalue weighted by Gasteiger charge is -2.41. The number of pyridine rings is 1. The molecule has 3 saturated heterocycles. The van der Waals surface area contributed by atoms with Crippen molar-refractivity contribution in [1.29, 1.82) is 0 Å². The van der Waals surface area contributed by atoms with Crippen LogP contribution in [-0.4, -0.2) is 33.9 Å². The Balaban J connectivity index is 1.71. The topological polar surface area (TPSA) is 16.1 Å². The molecule has 4 heteroatoms. The highest BCUT2D eigenvalue weighted by atomic mass is 79.9. The monoisotopic (exact) mass is 312 g/mol. The minimum atomic E-state index is -0.00265. The second kappa shape index (κ2) is 3.46. The minimum absolute atomic E-state index is 0.00265. The summed E-state index contributed by atoms with van der Waals surface area (Å²) in [4.78, 5) is 7.12. The molecule has 3 aliphatic heterocycles. The van der Waals surface area contributed by atoms with Gasteiger partial charge in [0.25, 0.3) is 0 Å². The molecule has 4 aliphatic rings. The summed E-state index contributed by atoms with van der Waals surface area (Å²) in [7, 11) is 0. The van der Waals surface area contributed by atoms with Crippen molar-refractivity contribution in [3.05, 3.63) is 28.5 Å². The maximum Gasteiger partial charge on any atom is 0.0736 e. The van der Waals surface area contributed by atoms with Crippen LogP contribution in [0.2, 0.25) is 0 Å². The van der Waals surface area contributed by atoms with Crippen LogP contribution in [0.3, 0.4) is 0 Å². The van der Waals surface area contributed by atoms with Crippen molar-refractivity contribution in [3.63, 3.8) is 0 Å². The van der Waals surface area contributed by atoms with Gasteiger partial charge >= 0.3 is 0 Å². The van der Waals surface area contributed by atoms with Gasteiger partial charge in [0, 0.05) is 28.3 Å². The molecule has 0 N–H and O–H groups in total. The van der Waals surface area contributed by atoms with Gasteiger partial charge in [-0.3, -0.25) is 9.88 Å². The molecule has 1 saturated carbocycles. The molecular formula is C13H14BrClN2. The largest absolute Gasteiger partial charge is 0.298 e. The molecular weight excluding hydrogens is 300 g/mol. The third kappa shape index (κ3) is 1.33. The van der Waals surface area contributed by atoms with Crippen LogP contribution >= 0.6 is 27.5 Å². The van der Waals surface area contributed by atoms with E-state index in [1.54, 1.807) is 0 Å². The molecule has 0 amide bonds. The van der Waals surface area contributed by atoms with Crippen molar-refractivity contribution >= 4 is 27.5 Å². The van der Waals surface area contributed by atoms with Gasteiger partial charge in [-0.05, 0) is 59.9 Å². The van der Waals surface area contributed by atoms with E-state index in [0.29, 0.717) is 17.9 Å². The molecule has 0 radical (unpaired) electrons. The summed E-state index contributed by atoms with van der Waals surface area (Å²) in [5.74, 6) is 1.15. The summed E-state index contributed by atoms with van der Waals surface area (Å²) in [6, 6.07) is 4.74. The van der Waals surface area contributed by atoms with Crippen LogP contribution in [0.15, 0.2) is 22.8 Å². The molecule has 2 bridgehead atoms. The van der Waals surface area contributed by atoms with Crippen LogP contribution in [0.5, 0.6) is 0 Å². The van der Waals surface area contributed by atoms with Crippen molar-refractivity contribution in [2.75, 3.05) is 13.1 Å². The van der Waals surface area contributed by atoms with Gasteiger partial charge in [0.1, 0.15) is 0 Å². The molecule has 17 heavy (non-hydrogen) atoms. The molecule has 5 rings (SSSR count). The smallest absolute Gasteiger partial charge is 0.0736 e. The number of nitrogens with zero attached hydrogens (tertiary/aromatic N) is 2. The highest BCUT2D eigenvalue weighted by Gasteiger charge is 2.73. The Morgan fingerprint density at radius 2 is 2.12 bits per heavy atom. The number of hydrogen-bond donors (Lipinski definition) is 0. The average Bonchev–Trinajstić information content (AvgIpc) is 3.01. The maximum absolute atomic E-state index is 6.89. The quantitative estimate of drug-likeness (QED) is 0.741.